The minimum absolute atomic E-state index is 0.246. The number of aliphatic hydroxyl groups is 1. The summed E-state index contributed by atoms with van der Waals surface area (Å²) in [5.74, 6) is 1.07. The van der Waals surface area contributed by atoms with Crippen molar-refractivity contribution in [3.63, 3.8) is 0 Å². The molecule has 80 valence electrons. The van der Waals surface area contributed by atoms with Crippen LogP contribution in [0, 0.1) is 0 Å². The zero-order chi connectivity index (χ0) is 10.2. The van der Waals surface area contributed by atoms with Crippen LogP contribution in [0.3, 0.4) is 0 Å². The second-order valence-electron chi connectivity index (χ2n) is 3.29. The predicted molar refractivity (Wildman–Crippen MR) is 55.9 cm³/mol. The third-order valence-electron chi connectivity index (χ3n) is 2.06. The van der Waals surface area contributed by atoms with Crippen LogP contribution >= 0.6 is 0 Å². The first-order valence-electron chi connectivity index (χ1n) is 5.20. The van der Waals surface area contributed by atoms with E-state index in [-0.39, 0.29) is 6.61 Å². The van der Waals surface area contributed by atoms with E-state index in [9.17, 15) is 0 Å². The minimum atomic E-state index is 0.246. The lowest BCUT2D eigenvalue weighted by atomic mass is 10.4. The van der Waals surface area contributed by atoms with Gasteiger partial charge in [-0.1, -0.05) is 6.92 Å². The average molecular weight is 197 g/mol. The van der Waals surface area contributed by atoms with E-state index >= 15 is 0 Å². The summed E-state index contributed by atoms with van der Waals surface area (Å²) in [5.41, 5.74) is 0. The van der Waals surface area contributed by atoms with Gasteiger partial charge in [0.25, 0.3) is 0 Å². The average Bonchev–Trinajstić information content (AvgIpc) is 2.61. The Balaban J connectivity index is 2.30. The van der Waals surface area contributed by atoms with Crippen LogP contribution in [-0.4, -0.2) is 27.8 Å². The van der Waals surface area contributed by atoms with Crippen LogP contribution in [0.5, 0.6) is 0 Å². The molecule has 1 aromatic heterocycles. The first-order chi connectivity index (χ1) is 6.88. The van der Waals surface area contributed by atoms with Crippen LogP contribution in [-0.2, 0) is 13.1 Å². The molecule has 0 aliphatic rings. The lowest BCUT2D eigenvalue weighted by Crippen LogP contribution is -2.18. The van der Waals surface area contributed by atoms with Crippen molar-refractivity contribution in [1.29, 1.82) is 0 Å². The van der Waals surface area contributed by atoms with E-state index in [2.05, 4.69) is 21.8 Å². The highest BCUT2D eigenvalue weighted by atomic mass is 16.3. The summed E-state index contributed by atoms with van der Waals surface area (Å²) < 4.78 is 2.16. The number of rotatable bonds is 7. The highest BCUT2D eigenvalue weighted by molar-refractivity contribution is 4.91. The number of nitrogens with one attached hydrogen (secondary N) is 1. The van der Waals surface area contributed by atoms with Crippen molar-refractivity contribution in [2.75, 3.05) is 13.2 Å². The molecule has 14 heavy (non-hydrogen) atoms. The van der Waals surface area contributed by atoms with E-state index in [1.165, 1.54) is 0 Å². The van der Waals surface area contributed by atoms with Crippen molar-refractivity contribution >= 4 is 0 Å². The Hall–Kier alpha value is -0.870. The minimum Gasteiger partial charge on any atom is -0.396 e. The van der Waals surface area contributed by atoms with Crippen LogP contribution in [0.4, 0.5) is 0 Å². The van der Waals surface area contributed by atoms with Gasteiger partial charge in [-0.15, -0.1) is 0 Å². The number of aryl methyl sites for hydroxylation is 1. The first kappa shape index (κ1) is 11.2. The predicted octanol–water partition coefficient (Wildman–Crippen LogP) is 0.765. The molecule has 0 atom stereocenters. The van der Waals surface area contributed by atoms with Gasteiger partial charge in [0.15, 0.2) is 0 Å². The number of hydrogen-bond donors (Lipinski definition) is 2. The molecule has 0 unspecified atom stereocenters. The van der Waals surface area contributed by atoms with Crippen molar-refractivity contribution in [1.82, 2.24) is 14.9 Å². The molecule has 0 aliphatic carbocycles. The van der Waals surface area contributed by atoms with Gasteiger partial charge in [0, 0.05) is 25.5 Å². The SMILES string of the molecule is CCCn1ccnc1CNCCCO. The molecule has 0 fully saturated rings. The highest BCUT2D eigenvalue weighted by Gasteiger charge is 2.00. The summed E-state index contributed by atoms with van der Waals surface area (Å²) in [7, 11) is 0. The molecule has 0 aromatic carbocycles. The lowest BCUT2D eigenvalue weighted by Gasteiger charge is -2.06. The molecule has 0 saturated heterocycles. The van der Waals surface area contributed by atoms with Gasteiger partial charge < -0.3 is 15.0 Å². The first-order valence-corrected chi connectivity index (χ1v) is 5.20. The molecule has 0 radical (unpaired) electrons. The van der Waals surface area contributed by atoms with E-state index in [0.717, 1.165) is 38.3 Å². The second-order valence-corrected chi connectivity index (χ2v) is 3.29. The van der Waals surface area contributed by atoms with E-state index in [1.807, 2.05) is 12.4 Å². The zero-order valence-electron chi connectivity index (χ0n) is 8.74. The zero-order valence-corrected chi connectivity index (χ0v) is 8.74. The van der Waals surface area contributed by atoms with Crippen molar-refractivity contribution in [3.05, 3.63) is 18.2 Å². The van der Waals surface area contributed by atoms with E-state index in [4.69, 9.17) is 5.11 Å². The van der Waals surface area contributed by atoms with Gasteiger partial charge in [-0.3, -0.25) is 0 Å². The molecule has 4 heteroatoms. The van der Waals surface area contributed by atoms with Crippen molar-refractivity contribution < 1.29 is 5.11 Å². The fourth-order valence-electron chi connectivity index (χ4n) is 1.36. The molecule has 0 spiro atoms. The molecule has 0 amide bonds. The Morgan fingerprint density at radius 2 is 2.43 bits per heavy atom. The van der Waals surface area contributed by atoms with E-state index < -0.39 is 0 Å². The summed E-state index contributed by atoms with van der Waals surface area (Å²) in [6, 6.07) is 0. The van der Waals surface area contributed by atoms with Crippen LogP contribution < -0.4 is 5.32 Å². The van der Waals surface area contributed by atoms with Crippen molar-refractivity contribution in [2.24, 2.45) is 0 Å². The third-order valence-corrected chi connectivity index (χ3v) is 2.06. The summed E-state index contributed by atoms with van der Waals surface area (Å²) in [6.45, 7) is 5.05. The molecule has 0 aliphatic heterocycles. The normalized spacial score (nSPS) is 10.7. The fraction of sp³-hybridized carbons (Fsp3) is 0.700. The Morgan fingerprint density at radius 1 is 1.57 bits per heavy atom. The summed E-state index contributed by atoms with van der Waals surface area (Å²) in [4.78, 5) is 4.27. The molecule has 0 bridgehead atoms. The summed E-state index contributed by atoms with van der Waals surface area (Å²) >= 11 is 0. The van der Waals surface area contributed by atoms with Gasteiger partial charge in [-0.25, -0.2) is 4.98 Å². The smallest absolute Gasteiger partial charge is 0.122 e. The molecule has 1 rings (SSSR count). The van der Waals surface area contributed by atoms with E-state index in [1.54, 1.807) is 0 Å². The van der Waals surface area contributed by atoms with Crippen molar-refractivity contribution in [3.8, 4) is 0 Å². The molecule has 1 heterocycles. The summed E-state index contributed by atoms with van der Waals surface area (Å²) in [5, 5.41) is 11.8. The molecule has 0 saturated carbocycles. The Bertz CT molecular complexity index is 247. The van der Waals surface area contributed by atoms with Crippen molar-refractivity contribution in [2.45, 2.75) is 32.9 Å². The number of hydrogen-bond acceptors (Lipinski definition) is 3. The van der Waals surface area contributed by atoms with E-state index in [0.29, 0.717) is 0 Å². The number of aliphatic hydroxyl groups excluding tert-OH is 1. The Labute approximate surface area is 85.0 Å². The van der Waals surface area contributed by atoms with Gasteiger partial charge in [0.05, 0.1) is 6.54 Å². The Morgan fingerprint density at radius 3 is 3.14 bits per heavy atom. The van der Waals surface area contributed by atoms with Gasteiger partial charge in [-0.2, -0.15) is 0 Å². The monoisotopic (exact) mass is 197 g/mol. The third kappa shape index (κ3) is 3.47. The van der Waals surface area contributed by atoms with Crippen LogP contribution in [0.2, 0.25) is 0 Å². The molecule has 1 aromatic rings. The maximum absolute atomic E-state index is 8.60. The second kappa shape index (κ2) is 6.56. The maximum Gasteiger partial charge on any atom is 0.122 e. The fourth-order valence-corrected chi connectivity index (χ4v) is 1.36. The topological polar surface area (TPSA) is 50.1 Å². The highest BCUT2D eigenvalue weighted by Crippen LogP contribution is 1.98. The largest absolute Gasteiger partial charge is 0.396 e. The van der Waals surface area contributed by atoms with Gasteiger partial charge in [0.2, 0.25) is 0 Å². The summed E-state index contributed by atoms with van der Waals surface area (Å²) in [6.07, 6.45) is 5.76. The van der Waals surface area contributed by atoms with Crippen LogP contribution in [0.15, 0.2) is 12.4 Å². The van der Waals surface area contributed by atoms with Gasteiger partial charge in [-0.05, 0) is 19.4 Å². The molecular weight excluding hydrogens is 178 g/mol. The molecule has 2 N–H and O–H groups in total. The maximum atomic E-state index is 8.60. The molecule has 4 nitrogen and oxygen atoms in total. The lowest BCUT2D eigenvalue weighted by molar-refractivity contribution is 0.285. The van der Waals surface area contributed by atoms with Crippen LogP contribution in [0.25, 0.3) is 0 Å². The number of imidazole rings is 1. The molecular formula is C10H19N3O. The number of aromatic nitrogens is 2. The van der Waals surface area contributed by atoms with Gasteiger partial charge in [0.1, 0.15) is 5.82 Å². The van der Waals surface area contributed by atoms with Crippen LogP contribution in [0.1, 0.15) is 25.6 Å². The quantitative estimate of drug-likeness (QED) is 0.635. The van der Waals surface area contributed by atoms with Gasteiger partial charge >= 0.3 is 0 Å². The standard InChI is InChI=1S/C10H19N3O/c1-2-6-13-7-5-12-10(13)9-11-4-3-8-14/h5,7,11,14H,2-4,6,8-9H2,1H3. The number of nitrogens with zero attached hydrogens (tertiary/aromatic N) is 2. The Kier molecular flexibility index (Phi) is 5.25.